The van der Waals surface area contributed by atoms with Gasteiger partial charge in [-0.3, -0.25) is 15.0 Å². The number of halogens is 1. The fraction of sp³-hybridized carbons (Fsp3) is 0.387. The van der Waals surface area contributed by atoms with Gasteiger partial charge in [0.1, 0.15) is 0 Å². The molecule has 40 heavy (non-hydrogen) atoms. The predicted octanol–water partition coefficient (Wildman–Crippen LogP) is 4.90. The molecule has 216 valence electrons. The van der Waals surface area contributed by atoms with E-state index in [0.29, 0.717) is 24.4 Å². The summed E-state index contributed by atoms with van der Waals surface area (Å²) in [6, 6.07) is 28.9. The number of nitrogens with zero attached hydrogens (tertiary/aromatic N) is 2. The second kappa shape index (κ2) is 15.3. The van der Waals surface area contributed by atoms with E-state index in [1.54, 1.807) is 31.3 Å². The molecule has 0 amide bonds. The SMILES string of the molecule is COC(=O)C1CCN(CC[C@@H](CN(C)S(=O)(=O)c2ccccc2)c2ccccc2)[C@H](NCc2ccccc2)C1.Cl. The third kappa shape index (κ3) is 8.38. The van der Waals surface area contributed by atoms with Crippen molar-refractivity contribution in [3.05, 3.63) is 102 Å². The van der Waals surface area contributed by atoms with E-state index in [1.165, 1.54) is 17.0 Å². The lowest BCUT2D eigenvalue weighted by atomic mass is 9.92. The van der Waals surface area contributed by atoms with Gasteiger partial charge in [-0.1, -0.05) is 78.9 Å². The minimum absolute atomic E-state index is 0. The quantitative estimate of drug-likeness (QED) is 0.305. The lowest BCUT2D eigenvalue weighted by Crippen LogP contribution is -2.52. The normalized spacial score (nSPS) is 18.6. The van der Waals surface area contributed by atoms with Gasteiger partial charge in [0.15, 0.2) is 0 Å². The summed E-state index contributed by atoms with van der Waals surface area (Å²) < 4.78 is 33.1. The first-order chi connectivity index (χ1) is 18.9. The van der Waals surface area contributed by atoms with Crippen molar-refractivity contribution in [3.8, 4) is 0 Å². The number of methoxy groups -OCH3 is 1. The van der Waals surface area contributed by atoms with Gasteiger partial charge in [-0.15, -0.1) is 12.4 Å². The summed E-state index contributed by atoms with van der Waals surface area (Å²) >= 11 is 0. The first-order valence-corrected chi connectivity index (χ1v) is 15.0. The van der Waals surface area contributed by atoms with Crippen LogP contribution in [-0.4, -0.2) is 63.5 Å². The van der Waals surface area contributed by atoms with Gasteiger partial charge >= 0.3 is 5.97 Å². The first-order valence-electron chi connectivity index (χ1n) is 13.5. The van der Waals surface area contributed by atoms with Crippen LogP contribution in [0.1, 0.15) is 36.3 Å². The van der Waals surface area contributed by atoms with Crippen molar-refractivity contribution < 1.29 is 17.9 Å². The molecule has 3 aromatic carbocycles. The van der Waals surface area contributed by atoms with E-state index in [2.05, 4.69) is 34.5 Å². The van der Waals surface area contributed by atoms with E-state index in [0.717, 1.165) is 31.5 Å². The second-order valence-electron chi connectivity index (χ2n) is 10.2. The highest BCUT2D eigenvalue weighted by Crippen LogP contribution is 2.28. The zero-order valence-corrected chi connectivity index (χ0v) is 24.8. The molecule has 0 spiro atoms. The van der Waals surface area contributed by atoms with E-state index in [9.17, 15) is 13.2 Å². The maximum absolute atomic E-state index is 13.3. The molecule has 0 bridgehead atoms. The number of nitrogens with one attached hydrogen (secondary N) is 1. The second-order valence-corrected chi connectivity index (χ2v) is 12.2. The molecule has 1 aliphatic heterocycles. The summed E-state index contributed by atoms with van der Waals surface area (Å²) in [6.07, 6.45) is 2.22. The molecule has 7 nitrogen and oxygen atoms in total. The van der Waals surface area contributed by atoms with Crippen LogP contribution >= 0.6 is 12.4 Å². The summed E-state index contributed by atoms with van der Waals surface area (Å²) in [6.45, 7) is 2.63. The Labute approximate surface area is 245 Å². The maximum Gasteiger partial charge on any atom is 0.308 e. The van der Waals surface area contributed by atoms with Crippen molar-refractivity contribution in [2.45, 2.75) is 42.8 Å². The highest BCUT2D eigenvalue weighted by Gasteiger charge is 2.33. The molecule has 0 aromatic heterocycles. The van der Waals surface area contributed by atoms with E-state index in [4.69, 9.17) is 4.74 Å². The topological polar surface area (TPSA) is 79.0 Å². The molecule has 0 aliphatic carbocycles. The third-order valence-corrected chi connectivity index (χ3v) is 9.43. The zero-order valence-electron chi connectivity index (χ0n) is 23.2. The van der Waals surface area contributed by atoms with Crippen LogP contribution in [-0.2, 0) is 26.1 Å². The van der Waals surface area contributed by atoms with Gasteiger partial charge in [0.05, 0.1) is 24.1 Å². The standard InChI is InChI=1S/C31H39N3O4S.ClH/c1-33(39(36,37)29-16-10-5-11-17-29)24-28(26-14-8-4-9-15-26)19-21-34-20-18-27(31(35)38-2)22-30(34)32-23-25-12-6-3-7-13-25;/h3-17,27-28,30,32H,18-24H2,1-2H3;1H/t27?,28-,30-;/m0./s1. The average molecular weight is 586 g/mol. The highest BCUT2D eigenvalue weighted by atomic mass is 35.5. The molecule has 1 unspecified atom stereocenters. The number of likely N-dealkylation sites (tertiary alicyclic amines) is 1. The Morgan fingerprint density at radius 1 is 1.00 bits per heavy atom. The lowest BCUT2D eigenvalue weighted by molar-refractivity contribution is -0.148. The molecule has 1 saturated heterocycles. The van der Waals surface area contributed by atoms with Gasteiger partial charge in [0, 0.05) is 33.2 Å². The van der Waals surface area contributed by atoms with Crippen molar-refractivity contribution in [2.24, 2.45) is 5.92 Å². The van der Waals surface area contributed by atoms with Crippen LogP contribution in [0.15, 0.2) is 95.9 Å². The molecule has 1 N–H and O–H groups in total. The van der Waals surface area contributed by atoms with Crippen LogP contribution in [0.3, 0.4) is 0 Å². The van der Waals surface area contributed by atoms with Crippen molar-refractivity contribution in [1.29, 1.82) is 0 Å². The lowest BCUT2D eigenvalue weighted by Gasteiger charge is -2.40. The summed E-state index contributed by atoms with van der Waals surface area (Å²) in [7, 11) is -0.492. The number of hydrogen-bond donors (Lipinski definition) is 1. The monoisotopic (exact) mass is 585 g/mol. The van der Waals surface area contributed by atoms with Crippen molar-refractivity contribution in [1.82, 2.24) is 14.5 Å². The van der Waals surface area contributed by atoms with Gasteiger partial charge in [0.25, 0.3) is 0 Å². The number of benzene rings is 3. The molecule has 0 radical (unpaired) electrons. The molecule has 9 heteroatoms. The Morgan fingerprint density at radius 3 is 2.23 bits per heavy atom. The van der Waals surface area contributed by atoms with Crippen molar-refractivity contribution in [3.63, 3.8) is 0 Å². The number of hydrogen-bond acceptors (Lipinski definition) is 6. The van der Waals surface area contributed by atoms with E-state index >= 15 is 0 Å². The summed E-state index contributed by atoms with van der Waals surface area (Å²) in [5.41, 5.74) is 2.30. The molecule has 4 rings (SSSR count). The van der Waals surface area contributed by atoms with Crippen LogP contribution in [0.5, 0.6) is 0 Å². The number of ether oxygens (including phenoxy) is 1. The molecule has 3 atom stereocenters. The molecule has 0 saturated carbocycles. The van der Waals surface area contributed by atoms with Crippen LogP contribution < -0.4 is 5.32 Å². The molecule has 3 aromatic rings. The number of likely N-dealkylation sites (N-methyl/N-ethyl adjacent to an activating group) is 1. The largest absolute Gasteiger partial charge is 0.469 e. The zero-order chi connectivity index (χ0) is 27.7. The fourth-order valence-electron chi connectivity index (χ4n) is 5.30. The summed E-state index contributed by atoms with van der Waals surface area (Å²) in [5, 5.41) is 3.66. The van der Waals surface area contributed by atoms with Gasteiger partial charge in [0.2, 0.25) is 10.0 Å². The maximum atomic E-state index is 13.3. The van der Waals surface area contributed by atoms with E-state index in [-0.39, 0.29) is 36.4 Å². The van der Waals surface area contributed by atoms with Crippen LogP contribution in [0, 0.1) is 5.92 Å². The molecule has 1 fully saturated rings. The third-order valence-electron chi connectivity index (χ3n) is 7.60. The van der Waals surface area contributed by atoms with Crippen LogP contribution in [0.25, 0.3) is 0 Å². The molecule has 1 aliphatic rings. The fourth-order valence-corrected chi connectivity index (χ4v) is 6.53. The minimum Gasteiger partial charge on any atom is -0.469 e. The van der Waals surface area contributed by atoms with Crippen molar-refractivity contribution in [2.75, 3.05) is 33.8 Å². The number of carbonyl (C=O) groups excluding carboxylic acids is 1. The number of rotatable bonds is 12. The highest BCUT2D eigenvalue weighted by molar-refractivity contribution is 7.89. The Morgan fingerprint density at radius 2 is 1.60 bits per heavy atom. The molecular weight excluding hydrogens is 546 g/mol. The van der Waals surface area contributed by atoms with Gasteiger partial charge in [-0.25, -0.2) is 12.7 Å². The number of esters is 1. The number of sulfonamides is 1. The van der Waals surface area contributed by atoms with E-state index in [1.807, 2.05) is 42.5 Å². The summed E-state index contributed by atoms with van der Waals surface area (Å²) in [5.74, 6) is -0.273. The predicted molar refractivity (Wildman–Crippen MR) is 161 cm³/mol. The van der Waals surface area contributed by atoms with Gasteiger partial charge in [-0.2, -0.15) is 0 Å². The molecular formula is C31H40ClN3O4S. The minimum atomic E-state index is -3.60. The first kappa shape index (κ1) is 31.8. The smallest absolute Gasteiger partial charge is 0.308 e. The Hall–Kier alpha value is -2.75. The van der Waals surface area contributed by atoms with Crippen LogP contribution in [0.4, 0.5) is 0 Å². The van der Waals surface area contributed by atoms with Gasteiger partial charge < -0.3 is 4.74 Å². The Balaban J connectivity index is 0.00000441. The number of piperidine rings is 1. The van der Waals surface area contributed by atoms with Gasteiger partial charge in [-0.05, 0) is 48.4 Å². The summed E-state index contributed by atoms with van der Waals surface area (Å²) in [4.78, 5) is 15.0. The average Bonchev–Trinajstić information content (AvgIpc) is 2.99. The number of carbonyl (C=O) groups is 1. The Bertz CT molecular complexity index is 1280. The van der Waals surface area contributed by atoms with Crippen LogP contribution in [0.2, 0.25) is 0 Å². The Kier molecular flexibility index (Phi) is 12.2. The van der Waals surface area contributed by atoms with Crippen molar-refractivity contribution >= 4 is 28.4 Å². The molecule has 1 heterocycles. The van der Waals surface area contributed by atoms with E-state index < -0.39 is 10.0 Å².